The molecule has 8 nitrogen and oxygen atoms in total. The highest BCUT2D eigenvalue weighted by atomic mass is 16.5. The van der Waals surface area contributed by atoms with Crippen LogP contribution in [0.25, 0.3) is 0 Å². The number of nitrogen functional groups attached to an aromatic ring is 1. The van der Waals surface area contributed by atoms with Crippen LogP contribution in [0.5, 0.6) is 17.2 Å². The topological polar surface area (TPSA) is 130 Å². The Hall–Kier alpha value is -4.90. The summed E-state index contributed by atoms with van der Waals surface area (Å²) in [5, 5.41) is 21.5. The van der Waals surface area contributed by atoms with Crippen LogP contribution in [0.2, 0.25) is 0 Å². The van der Waals surface area contributed by atoms with Gasteiger partial charge in [0.25, 0.3) is 0 Å². The van der Waals surface area contributed by atoms with E-state index in [1.54, 1.807) is 18.2 Å². The Labute approximate surface area is 221 Å². The Bertz CT molecular complexity index is 1470. The summed E-state index contributed by atoms with van der Waals surface area (Å²) in [4.78, 5) is 8.50. The average molecular weight is 505 g/mol. The van der Waals surface area contributed by atoms with Crippen LogP contribution in [0, 0.1) is 16.7 Å². The molecule has 0 atom stereocenters. The molecule has 38 heavy (non-hydrogen) atoms. The molecule has 4 N–H and O–H groups in total. The zero-order chi connectivity index (χ0) is 26.3. The van der Waals surface area contributed by atoms with Crippen molar-refractivity contribution >= 4 is 17.3 Å². The number of benzene rings is 3. The summed E-state index contributed by atoms with van der Waals surface area (Å²) in [5.41, 5.74) is 9.04. The van der Waals surface area contributed by atoms with Gasteiger partial charge in [-0.15, -0.1) is 0 Å². The zero-order valence-electron chi connectivity index (χ0n) is 20.9. The number of hydrogen-bond acceptors (Lipinski definition) is 8. The number of nitrogens with zero attached hydrogens (tertiary/aromatic N) is 3. The van der Waals surface area contributed by atoms with Crippen molar-refractivity contribution in [1.29, 1.82) is 10.7 Å². The molecule has 8 heteroatoms. The van der Waals surface area contributed by atoms with Crippen LogP contribution in [-0.2, 0) is 6.61 Å². The number of anilines is 2. The number of nitriles is 1. The maximum absolute atomic E-state index is 9.25. The van der Waals surface area contributed by atoms with Gasteiger partial charge in [0.05, 0.1) is 16.8 Å². The molecule has 1 fully saturated rings. The van der Waals surface area contributed by atoms with Crippen molar-refractivity contribution in [3.8, 4) is 23.3 Å². The van der Waals surface area contributed by atoms with E-state index in [0.29, 0.717) is 52.4 Å². The third-order valence-corrected chi connectivity index (χ3v) is 6.50. The maximum Gasteiger partial charge on any atom is 0.141 e. The minimum atomic E-state index is 0.256. The second kappa shape index (κ2) is 11.4. The molecule has 0 bridgehead atoms. The molecule has 1 heterocycles. The summed E-state index contributed by atoms with van der Waals surface area (Å²) >= 11 is 0. The molecule has 1 aromatic heterocycles. The summed E-state index contributed by atoms with van der Waals surface area (Å²) in [6.45, 7) is 0.309. The molecular formula is C30H28N6O2. The van der Waals surface area contributed by atoms with E-state index in [9.17, 15) is 5.26 Å². The van der Waals surface area contributed by atoms with E-state index in [1.807, 2.05) is 54.6 Å². The van der Waals surface area contributed by atoms with Crippen molar-refractivity contribution in [2.45, 2.75) is 38.3 Å². The van der Waals surface area contributed by atoms with Gasteiger partial charge in [-0.05, 0) is 66.9 Å². The van der Waals surface area contributed by atoms with Gasteiger partial charge in [-0.3, -0.25) is 5.41 Å². The lowest BCUT2D eigenvalue weighted by Gasteiger charge is -2.17. The maximum atomic E-state index is 9.25. The lowest BCUT2D eigenvalue weighted by Crippen LogP contribution is -2.20. The molecule has 1 aliphatic rings. The normalized spacial score (nSPS) is 13.0. The first kappa shape index (κ1) is 24.8. The number of nitrogens with two attached hydrogens (primary N) is 1. The standard InChI is InChI=1S/C30H28N6O2/c31-17-22-7-1-4-11-26(22)37-18-20-6-5-10-25(16-20)38-24-14-12-21(13-15-24)28(32)27-29(33)34-19-35-30(27)36-23-8-2-3-9-23/h1,4-7,10-16,19,23,32H,2-3,8-9,18H2,(H3,33,34,35,36). The van der Waals surface area contributed by atoms with Crippen molar-refractivity contribution in [3.63, 3.8) is 0 Å². The fraction of sp³-hybridized carbons (Fsp3) is 0.200. The number of hydrogen-bond donors (Lipinski definition) is 3. The summed E-state index contributed by atoms with van der Waals surface area (Å²) in [5.74, 6) is 2.72. The van der Waals surface area contributed by atoms with E-state index in [-0.39, 0.29) is 11.5 Å². The molecule has 0 radical (unpaired) electrons. The lowest BCUT2D eigenvalue weighted by molar-refractivity contribution is 0.304. The first-order valence-corrected chi connectivity index (χ1v) is 12.6. The number of rotatable bonds is 9. The molecule has 0 saturated heterocycles. The summed E-state index contributed by atoms with van der Waals surface area (Å²) < 4.78 is 11.9. The molecule has 4 aromatic rings. The number of ether oxygens (including phenoxy) is 2. The second-order valence-electron chi connectivity index (χ2n) is 9.15. The molecule has 0 unspecified atom stereocenters. The third kappa shape index (κ3) is 5.73. The molecule has 1 aliphatic carbocycles. The smallest absolute Gasteiger partial charge is 0.141 e. The van der Waals surface area contributed by atoms with Gasteiger partial charge < -0.3 is 20.5 Å². The van der Waals surface area contributed by atoms with Gasteiger partial charge in [0, 0.05) is 11.6 Å². The van der Waals surface area contributed by atoms with Crippen LogP contribution in [-0.4, -0.2) is 21.7 Å². The highest BCUT2D eigenvalue weighted by Gasteiger charge is 2.21. The highest BCUT2D eigenvalue weighted by molar-refractivity contribution is 6.16. The van der Waals surface area contributed by atoms with E-state index < -0.39 is 0 Å². The highest BCUT2D eigenvalue weighted by Crippen LogP contribution is 2.28. The molecule has 3 aromatic carbocycles. The fourth-order valence-electron chi connectivity index (χ4n) is 4.53. The largest absolute Gasteiger partial charge is 0.488 e. The van der Waals surface area contributed by atoms with Gasteiger partial charge >= 0.3 is 0 Å². The van der Waals surface area contributed by atoms with Gasteiger partial charge in [0.2, 0.25) is 0 Å². The molecule has 5 rings (SSSR count). The SMILES string of the molecule is N#Cc1ccccc1OCc1cccc(Oc2ccc(C(=N)c3c(N)ncnc3NC3CCCC3)cc2)c1. The Morgan fingerprint density at radius 1 is 1.00 bits per heavy atom. The van der Waals surface area contributed by atoms with Gasteiger partial charge in [-0.1, -0.05) is 37.1 Å². The second-order valence-corrected chi connectivity index (χ2v) is 9.15. The van der Waals surface area contributed by atoms with Crippen LogP contribution < -0.4 is 20.5 Å². The van der Waals surface area contributed by atoms with E-state index in [0.717, 1.165) is 18.4 Å². The van der Waals surface area contributed by atoms with Crippen LogP contribution in [0.1, 0.15) is 47.9 Å². The monoisotopic (exact) mass is 504 g/mol. The Balaban J connectivity index is 1.26. The number of nitrogens with one attached hydrogen (secondary N) is 2. The van der Waals surface area contributed by atoms with Gasteiger partial charge in [0.15, 0.2) is 0 Å². The number of aromatic nitrogens is 2. The molecule has 0 spiro atoms. The van der Waals surface area contributed by atoms with E-state index in [1.165, 1.54) is 19.2 Å². The fourth-order valence-corrected chi connectivity index (χ4v) is 4.53. The van der Waals surface area contributed by atoms with Gasteiger partial charge in [-0.25, -0.2) is 9.97 Å². The Morgan fingerprint density at radius 2 is 1.79 bits per heavy atom. The van der Waals surface area contributed by atoms with E-state index in [2.05, 4.69) is 21.4 Å². The zero-order valence-corrected chi connectivity index (χ0v) is 20.9. The van der Waals surface area contributed by atoms with Crippen molar-refractivity contribution in [3.05, 3.63) is 101 Å². The van der Waals surface area contributed by atoms with Crippen LogP contribution >= 0.6 is 0 Å². The molecule has 1 saturated carbocycles. The minimum Gasteiger partial charge on any atom is -0.488 e. The summed E-state index contributed by atoms with van der Waals surface area (Å²) in [7, 11) is 0. The predicted molar refractivity (Wildman–Crippen MR) is 147 cm³/mol. The van der Waals surface area contributed by atoms with Crippen LogP contribution in [0.3, 0.4) is 0 Å². The first-order valence-electron chi connectivity index (χ1n) is 12.6. The van der Waals surface area contributed by atoms with Crippen molar-refractivity contribution in [1.82, 2.24) is 9.97 Å². The summed E-state index contributed by atoms with van der Waals surface area (Å²) in [6.07, 6.45) is 5.99. The molecule has 0 amide bonds. The molecular weight excluding hydrogens is 476 g/mol. The van der Waals surface area contributed by atoms with Gasteiger partial charge in [-0.2, -0.15) is 5.26 Å². The molecule has 0 aliphatic heterocycles. The third-order valence-electron chi connectivity index (χ3n) is 6.50. The summed E-state index contributed by atoms with van der Waals surface area (Å²) in [6, 6.07) is 24.5. The van der Waals surface area contributed by atoms with Crippen molar-refractivity contribution in [2.75, 3.05) is 11.1 Å². The van der Waals surface area contributed by atoms with Crippen LogP contribution in [0.15, 0.2) is 79.1 Å². The van der Waals surface area contributed by atoms with E-state index in [4.69, 9.17) is 20.6 Å². The Morgan fingerprint density at radius 3 is 2.58 bits per heavy atom. The molecule has 190 valence electrons. The van der Waals surface area contributed by atoms with E-state index >= 15 is 0 Å². The van der Waals surface area contributed by atoms with Crippen molar-refractivity contribution in [2.24, 2.45) is 0 Å². The Kier molecular flexibility index (Phi) is 7.46. The van der Waals surface area contributed by atoms with Crippen molar-refractivity contribution < 1.29 is 9.47 Å². The lowest BCUT2D eigenvalue weighted by atomic mass is 10.0. The van der Waals surface area contributed by atoms with Gasteiger partial charge in [0.1, 0.15) is 47.9 Å². The average Bonchev–Trinajstić information content (AvgIpc) is 3.46. The first-order chi connectivity index (χ1) is 18.6. The predicted octanol–water partition coefficient (Wildman–Crippen LogP) is 6.07. The van der Waals surface area contributed by atoms with Crippen LogP contribution in [0.4, 0.5) is 11.6 Å². The minimum absolute atomic E-state index is 0.256. The quantitative estimate of drug-likeness (QED) is 0.236. The number of para-hydroxylation sites is 1.